The monoisotopic (exact) mass is 200 g/mol. The lowest BCUT2D eigenvalue weighted by atomic mass is 10.4. The molecule has 0 aromatic carbocycles. The summed E-state index contributed by atoms with van der Waals surface area (Å²) in [5.74, 6) is -0.0785. The van der Waals surface area contributed by atoms with Crippen LogP contribution in [0, 0.1) is 0 Å². The van der Waals surface area contributed by atoms with Crippen molar-refractivity contribution in [2.75, 3.05) is 26.7 Å². The Hall–Kier alpha value is -0.870. The van der Waals surface area contributed by atoms with Crippen molar-refractivity contribution in [3.8, 4) is 0 Å². The van der Waals surface area contributed by atoms with Gasteiger partial charge in [0.2, 0.25) is 5.91 Å². The molecule has 0 atom stereocenters. The van der Waals surface area contributed by atoms with Crippen molar-refractivity contribution in [1.29, 1.82) is 0 Å². The van der Waals surface area contributed by atoms with Crippen molar-refractivity contribution in [2.24, 2.45) is 0 Å². The highest BCUT2D eigenvalue weighted by molar-refractivity contribution is 5.87. The summed E-state index contributed by atoms with van der Waals surface area (Å²) in [5.41, 5.74) is 0. The van der Waals surface area contributed by atoms with Gasteiger partial charge in [-0.2, -0.15) is 0 Å². The van der Waals surface area contributed by atoms with E-state index in [1.807, 2.05) is 13.8 Å². The predicted octanol–water partition coefficient (Wildman–Crippen LogP) is 0.303. The number of carbonyl (C=O) groups is 1. The Morgan fingerprint density at radius 2 is 2.21 bits per heavy atom. The van der Waals surface area contributed by atoms with E-state index in [0.717, 1.165) is 6.54 Å². The van der Waals surface area contributed by atoms with Crippen molar-refractivity contribution in [2.45, 2.75) is 20.0 Å². The maximum Gasteiger partial charge on any atom is 0.243 e. The van der Waals surface area contributed by atoms with Crippen LogP contribution in [0.3, 0.4) is 0 Å². The number of likely N-dealkylation sites (N-methyl/N-ethyl adjacent to an activating group) is 1. The Bertz CT molecular complexity index is 179. The number of amides is 1. The van der Waals surface area contributed by atoms with E-state index >= 15 is 0 Å². The van der Waals surface area contributed by atoms with Gasteiger partial charge < -0.3 is 15.4 Å². The van der Waals surface area contributed by atoms with Gasteiger partial charge in [0.1, 0.15) is 0 Å². The topological polar surface area (TPSA) is 50.4 Å². The zero-order valence-electron chi connectivity index (χ0n) is 9.17. The van der Waals surface area contributed by atoms with Gasteiger partial charge in [-0.05, 0) is 13.8 Å². The third kappa shape index (κ3) is 9.22. The molecule has 0 heterocycles. The Morgan fingerprint density at radius 3 is 2.79 bits per heavy atom. The van der Waals surface area contributed by atoms with Crippen LogP contribution in [0.2, 0.25) is 0 Å². The normalized spacial score (nSPS) is 11.1. The summed E-state index contributed by atoms with van der Waals surface area (Å²) >= 11 is 0. The van der Waals surface area contributed by atoms with Crippen molar-refractivity contribution < 1.29 is 9.53 Å². The van der Waals surface area contributed by atoms with Crippen molar-refractivity contribution in [3.05, 3.63) is 12.2 Å². The van der Waals surface area contributed by atoms with E-state index in [1.54, 1.807) is 13.1 Å². The van der Waals surface area contributed by atoms with Gasteiger partial charge in [-0.15, -0.1) is 0 Å². The van der Waals surface area contributed by atoms with Crippen LogP contribution in [0.5, 0.6) is 0 Å². The van der Waals surface area contributed by atoms with Crippen LogP contribution in [0.4, 0.5) is 0 Å². The molecule has 0 aliphatic rings. The maximum atomic E-state index is 10.7. The van der Waals surface area contributed by atoms with Gasteiger partial charge in [-0.25, -0.2) is 0 Å². The molecular weight excluding hydrogens is 180 g/mol. The van der Waals surface area contributed by atoms with Gasteiger partial charge in [0.15, 0.2) is 0 Å². The molecule has 0 spiro atoms. The molecule has 0 aliphatic heterocycles. The first-order valence-corrected chi connectivity index (χ1v) is 4.87. The molecule has 2 N–H and O–H groups in total. The third-order valence-electron chi connectivity index (χ3n) is 1.51. The molecule has 0 saturated carbocycles. The lowest BCUT2D eigenvalue weighted by Crippen LogP contribution is -2.22. The molecule has 0 bridgehead atoms. The highest BCUT2D eigenvalue weighted by atomic mass is 16.5. The number of nitrogens with one attached hydrogen (secondary N) is 2. The van der Waals surface area contributed by atoms with Gasteiger partial charge in [-0.1, -0.05) is 6.08 Å². The first kappa shape index (κ1) is 13.1. The lowest BCUT2D eigenvalue weighted by Gasteiger charge is -2.06. The van der Waals surface area contributed by atoms with Crippen LogP contribution in [0.15, 0.2) is 12.2 Å². The lowest BCUT2D eigenvalue weighted by molar-refractivity contribution is -0.116. The second-order valence-electron chi connectivity index (χ2n) is 3.14. The summed E-state index contributed by atoms with van der Waals surface area (Å²) in [4.78, 5) is 10.7. The standard InChI is InChI=1S/C10H20N2O2/c1-9(2)14-8-7-12-6-4-5-10(13)11-3/h4-5,9,12H,6-8H2,1-3H3,(H,11,13)/b5-4+. The fourth-order valence-electron chi connectivity index (χ4n) is 0.801. The smallest absolute Gasteiger partial charge is 0.243 e. The molecule has 0 aliphatic carbocycles. The molecule has 4 nitrogen and oxygen atoms in total. The molecule has 0 rings (SSSR count). The molecule has 0 fully saturated rings. The zero-order valence-corrected chi connectivity index (χ0v) is 9.17. The molecular formula is C10H20N2O2. The first-order valence-electron chi connectivity index (χ1n) is 4.87. The number of rotatable bonds is 7. The summed E-state index contributed by atoms with van der Waals surface area (Å²) in [6.45, 7) is 6.20. The van der Waals surface area contributed by atoms with Crippen LogP contribution in [0.25, 0.3) is 0 Å². The fraction of sp³-hybridized carbons (Fsp3) is 0.700. The number of carbonyl (C=O) groups excluding carboxylic acids is 1. The Balaban J connectivity index is 3.21. The number of hydrogen-bond acceptors (Lipinski definition) is 3. The van der Waals surface area contributed by atoms with Crippen LogP contribution >= 0.6 is 0 Å². The van der Waals surface area contributed by atoms with E-state index in [2.05, 4.69) is 10.6 Å². The largest absolute Gasteiger partial charge is 0.377 e. The van der Waals surface area contributed by atoms with E-state index in [9.17, 15) is 4.79 Å². The minimum Gasteiger partial charge on any atom is -0.377 e. The molecule has 0 aromatic rings. The fourth-order valence-corrected chi connectivity index (χ4v) is 0.801. The Kier molecular flexibility index (Phi) is 8.17. The first-order chi connectivity index (χ1) is 6.66. The molecule has 0 unspecified atom stereocenters. The van der Waals surface area contributed by atoms with Gasteiger partial charge in [-0.3, -0.25) is 4.79 Å². The second-order valence-corrected chi connectivity index (χ2v) is 3.14. The third-order valence-corrected chi connectivity index (χ3v) is 1.51. The maximum absolute atomic E-state index is 10.7. The van der Waals surface area contributed by atoms with Gasteiger partial charge in [0, 0.05) is 26.2 Å². The van der Waals surface area contributed by atoms with E-state index in [4.69, 9.17) is 4.74 Å². The van der Waals surface area contributed by atoms with Crippen LogP contribution in [-0.2, 0) is 9.53 Å². The molecule has 0 saturated heterocycles. The SMILES string of the molecule is CNC(=O)/C=C/CNCCOC(C)C. The average molecular weight is 200 g/mol. The predicted molar refractivity (Wildman–Crippen MR) is 57.2 cm³/mol. The molecule has 1 amide bonds. The average Bonchev–Trinajstić information content (AvgIpc) is 2.15. The minimum atomic E-state index is -0.0785. The highest BCUT2D eigenvalue weighted by Crippen LogP contribution is 1.84. The van der Waals surface area contributed by atoms with E-state index < -0.39 is 0 Å². The summed E-state index contributed by atoms with van der Waals surface area (Å²) in [5, 5.41) is 5.63. The molecule has 82 valence electrons. The van der Waals surface area contributed by atoms with E-state index in [0.29, 0.717) is 13.2 Å². The Morgan fingerprint density at radius 1 is 1.50 bits per heavy atom. The van der Waals surface area contributed by atoms with Crippen molar-refractivity contribution in [3.63, 3.8) is 0 Å². The molecule has 14 heavy (non-hydrogen) atoms. The Labute approximate surface area is 85.7 Å². The van der Waals surface area contributed by atoms with E-state index in [-0.39, 0.29) is 12.0 Å². The van der Waals surface area contributed by atoms with Gasteiger partial charge >= 0.3 is 0 Å². The van der Waals surface area contributed by atoms with Crippen LogP contribution in [-0.4, -0.2) is 38.8 Å². The van der Waals surface area contributed by atoms with Crippen molar-refractivity contribution in [1.82, 2.24) is 10.6 Å². The second kappa shape index (κ2) is 8.72. The summed E-state index contributed by atoms with van der Waals surface area (Å²) in [7, 11) is 1.61. The van der Waals surface area contributed by atoms with Gasteiger partial charge in [0.25, 0.3) is 0 Å². The highest BCUT2D eigenvalue weighted by Gasteiger charge is 1.91. The molecule has 4 heteroatoms. The zero-order chi connectivity index (χ0) is 10.8. The van der Waals surface area contributed by atoms with E-state index in [1.165, 1.54) is 6.08 Å². The minimum absolute atomic E-state index is 0.0785. The van der Waals surface area contributed by atoms with Crippen molar-refractivity contribution >= 4 is 5.91 Å². The van der Waals surface area contributed by atoms with Crippen LogP contribution in [0.1, 0.15) is 13.8 Å². The number of hydrogen-bond donors (Lipinski definition) is 2. The summed E-state index contributed by atoms with van der Waals surface area (Å²) < 4.78 is 5.32. The quantitative estimate of drug-likeness (QED) is 0.459. The number of ether oxygens (including phenoxy) is 1. The molecule has 0 aromatic heterocycles. The summed E-state index contributed by atoms with van der Waals surface area (Å²) in [6.07, 6.45) is 3.57. The summed E-state index contributed by atoms with van der Waals surface area (Å²) in [6, 6.07) is 0. The van der Waals surface area contributed by atoms with Gasteiger partial charge in [0.05, 0.1) is 12.7 Å². The van der Waals surface area contributed by atoms with Crippen LogP contribution < -0.4 is 10.6 Å². The molecule has 0 radical (unpaired) electrons.